The van der Waals surface area contributed by atoms with Gasteiger partial charge in [-0.1, -0.05) is 60.7 Å². The molecule has 0 amide bonds. The zero-order chi connectivity index (χ0) is 22.0. The highest BCUT2D eigenvalue weighted by atomic mass is 16.5. The third-order valence-electron chi connectivity index (χ3n) is 7.68. The number of hydrogen-bond acceptors (Lipinski definition) is 4. The molecule has 5 aromatic rings. The van der Waals surface area contributed by atoms with Gasteiger partial charge in [-0.3, -0.25) is 0 Å². The van der Waals surface area contributed by atoms with Crippen molar-refractivity contribution in [2.45, 2.75) is 0 Å². The Bertz CT molecular complexity index is 1710. The largest absolute Gasteiger partial charge is 0.611 e. The highest BCUT2D eigenvalue weighted by Gasteiger charge is 2.57. The number of fused-ring (bicyclic) bond motifs is 7. The smallest absolute Gasteiger partial charge is 0.523 e. The first-order valence-corrected chi connectivity index (χ1v) is 11.7. The number of para-hydroxylation sites is 1. The van der Waals surface area contributed by atoms with E-state index in [2.05, 4.69) is 107 Å². The third kappa shape index (κ3) is 1.87. The monoisotopic (exact) mass is 434 g/mol. The van der Waals surface area contributed by atoms with Gasteiger partial charge in [0.05, 0.1) is 0 Å². The minimum absolute atomic E-state index is 0.0202. The molecule has 0 radical (unpaired) electrons. The fourth-order valence-corrected chi connectivity index (χ4v) is 6.41. The number of benzene rings is 5. The summed E-state index contributed by atoms with van der Waals surface area (Å²) in [5, 5.41) is 2.34. The molecular weight excluding hydrogens is 418 g/mol. The van der Waals surface area contributed by atoms with Gasteiger partial charge in [0.2, 0.25) is 0 Å². The predicted octanol–water partition coefficient (Wildman–Crippen LogP) is 5.07. The summed E-state index contributed by atoms with van der Waals surface area (Å²) in [7, 11) is -0.311. The molecule has 9 rings (SSSR count). The van der Waals surface area contributed by atoms with Gasteiger partial charge < -0.3 is 18.9 Å². The van der Waals surface area contributed by atoms with Gasteiger partial charge in [-0.05, 0) is 52.8 Å². The van der Waals surface area contributed by atoms with Gasteiger partial charge in [-0.2, -0.15) is 0 Å². The average Bonchev–Trinajstić information content (AvgIpc) is 2.89. The van der Waals surface area contributed by atoms with Gasteiger partial charge in [0.1, 0.15) is 17.2 Å². The molecule has 0 unspecified atom stereocenters. The molecule has 4 heterocycles. The van der Waals surface area contributed by atoms with Gasteiger partial charge in [0.25, 0.3) is 0 Å². The van der Waals surface area contributed by atoms with Gasteiger partial charge in [-0.25, -0.2) is 0 Å². The van der Waals surface area contributed by atoms with E-state index < -0.39 is 0 Å². The van der Waals surface area contributed by atoms with Crippen molar-refractivity contribution in [1.29, 1.82) is 0 Å². The molecule has 0 bridgehead atoms. The summed E-state index contributed by atoms with van der Waals surface area (Å²) >= 11 is 0. The second kappa shape index (κ2) is 5.78. The molecule has 5 aromatic carbocycles. The van der Waals surface area contributed by atoms with Crippen molar-refractivity contribution in [3.8, 4) is 28.4 Å². The fourth-order valence-electron chi connectivity index (χ4n) is 6.41. The fraction of sp³-hybridized carbons (Fsp3) is 0. The predicted molar refractivity (Wildman–Crippen MR) is 138 cm³/mol. The van der Waals surface area contributed by atoms with Crippen LogP contribution in [0.5, 0.6) is 17.2 Å². The number of ether oxygens (including phenoxy) is 1. The van der Waals surface area contributed by atoms with Crippen LogP contribution >= 0.6 is 0 Å². The summed E-state index contributed by atoms with van der Waals surface area (Å²) in [6, 6.07) is 34.3. The normalized spacial score (nSPS) is 15.3. The van der Waals surface area contributed by atoms with Crippen molar-refractivity contribution in [2.75, 3.05) is 9.53 Å². The molecule has 0 N–H and O–H groups in total. The number of nitrogens with zero attached hydrogens (tertiary/aromatic N) is 2. The third-order valence-corrected chi connectivity index (χ3v) is 7.68. The second-order valence-electron chi connectivity index (χ2n) is 9.28. The summed E-state index contributed by atoms with van der Waals surface area (Å²) in [6.07, 6.45) is 0. The van der Waals surface area contributed by atoms with Crippen molar-refractivity contribution >= 4 is 52.8 Å². The van der Waals surface area contributed by atoms with Crippen molar-refractivity contribution < 1.29 is 9.39 Å². The second-order valence-corrected chi connectivity index (χ2v) is 9.28. The molecule has 34 heavy (non-hydrogen) atoms. The van der Waals surface area contributed by atoms with E-state index in [1.165, 1.54) is 38.8 Å². The van der Waals surface area contributed by atoms with E-state index in [4.69, 9.17) is 9.39 Å². The van der Waals surface area contributed by atoms with Crippen LogP contribution in [0.15, 0.2) is 97.1 Å². The van der Waals surface area contributed by atoms with E-state index in [0.29, 0.717) is 0 Å². The van der Waals surface area contributed by atoms with E-state index >= 15 is 0 Å². The maximum atomic E-state index is 6.88. The molecular formula is C28H16B2N2O2. The molecule has 6 heteroatoms. The molecule has 0 aromatic heterocycles. The summed E-state index contributed by atoms with van der Waals surface area (Å²) in [5.74, 6) is 2.78. The summed E-state index contributed by atoms with van der Waals surface area (Å²) in [4.78, 5) is 2.35. The SMILES string of the molecule is c1ccc2c(c1)-c1cccc3c1B1c4c(cccc4N4B(Oc5cccc6cccc4c56)N12)O3. The Hall–Kier alpha value is -4.31. The first-order valence-electron chi connectivity index (χ1n) is 11.7. The van der Waals surface area contributed by atoms with Crippen LogP contribution in [0.1, 0.15) is 0 Å². The molecule has 0 spiro atoms. The van der Waals surface area contributed by atoms with Gasteiger partial charge in [0.15, 0.2) is 0 Å². The van der Waals surface area contributed by atoms with Crippen molar-refractivity contribution in [1.82, 2.24) is 0 Å². The quantitative estimate of drug-likeness (QED) is 0.318. The maximum Gasteiger partial charge on any atom is 0.611 e. The molecule has 4 aliphatic heterocycles. The van der Waals surface area contributed by atoms with Crippen molar-refractivity contribution in [2.24, 2.45) is 0 Å². The Morgan fingerprint density at radius 2 is 1.24 bits per heavy atom. The Labute approximate surface area is 197 Å². The Morgan fingerprint density at radius 1 is 0.559 bits per heavy atom. The highest BCUT2D eigenvalue weighted by Crippen LogP contribution is 2.49. The van der Waals surface area contributed by atoms with E-state index in [0.717, 1.165) is 28.3 Å². The molecule has 0 saturated heterocycles. The van der Waals surface area contributed by atoms with Gasteiger partial charge in [-0.15, -0.1) is 0 Å². The molecule has 156 valence electrons. The van der Waals surface area contributed by atoms with E-state index in [1.54, 1.807) is 0 Å². The van der Waals surface area contributed by atoms with Crippen LogP contribution in [0.3, 0.4) is 0 Å². The summed E-state index contributed by atoms with van der Waals surface area (Å²) < 4.78 is 15.9. The van der Waals surface area contributed by atoms with Gasteiger partial charge >= 0.3 is 14.0 Å². The van der Waals surface area contributed by atoms with Crippen LogP contribution in [-0.4, -0.2) is 14.0 Å². The van der Waals surface area contributed by atoms with Crippen LogP contribution < -0.4 is 29.8 Å². The maximum absolute atomic E-state index is 6.88. The minimum Gasteiger partial charge on any atom is -0.523 e. The molecule has 4 aliphatic rings. The molecule has 0 atom stereocenters. The summed E-state index contributed by atoms with van der Waals surface area (Å²) in [5.41, 5.74) is 8.36. The summed E-state index contributed by atoms with van der Waals surface area (Å²) in [6.45, 7) is 0.0202. The number of rotatable bonds is 0. The molecule has 4 nitrogen and oxygen atoms in total. The lowest BCUT2D eigenvalue weighted by atomic mass is 9.39. The zero-order valence-electron chi connectivity index (χ0n) is 18.1. The number of hydrogen-bond donors (Lipinski definition) is 0. The van der Waals surface area contributed by atoms with Gasteiger partial charge in [0, 0.05) is 33.5 Å². The van der Waals surface area contributed by atoms with Crippen LogP contribution in [0.25, 0.3) is 21.9 Å². The Morgan fingerprint density at radius 3 is 2.18 bits per heavy atom. The Kier molecular flexibility index (Phi) is 2.92. The molecule has 0 fully saturated rings. The van der Waals surface area contributed by atoms with Crippen molar-refractivity contribution in [3.63, 3.8) is 0 Å². The van der Waals surface area contributed by atoms with E-state index in [9.17, 15) is 0 Å². The zero-order valence-corrected chi connectivity index (χ0v) is 18.1. The Balaban J connectivity index is 1.44. The average molecular weight is 434 g/mol. The lowest BCUT2D eigenvalue weighted by molar-refractivity contribution is 0.486. The van der Waals surface area contributed by atoms with Crippen molar-refractivity contribution in [3.05, 3.63) is 97.1 Å². The van der Waals surface area contributed by atoms with Crippen LogP contribution in [0, 0.1) is 0 Å². The molecule has 0 aliphatic carbocycles. The standard InChI is InChI=1S/C28H16B2N2O2/c1-2-11-20-18(9-1)19-10-5-15-24-27(19)29-28-22(13-6-16-25(28)33-24)31-21-12-3-7-17-8-4-14-23(26(17)21)34-30(31)32(20)29/h1-16H. The minimum atomic E-state index is -0.311. The van der Waals surface area contributed by atoms with Crippen LogP contribution in [-0.2, 0) is 0 Å². The lowest BCUT2D eigenvalue weighted by Gasteiger charge is -2.52. The molecule has 0 saturated carbocycles. The number of anilines is 3. The first kappa shape index (κ1) is 17.2. The van der Waals surface area contributed by atoms with Crippen LogP contribution in [0.2, 0.25) is 0 Å². The first-order chi connectivity index (χ1) is 16.9. The van der Waals surface area contributed by atoms with E-state index in [-0.39, 0.29) is 14.0 Å². The van der Waals surface area contributed by atoms with E-state index in [1.807, 2.05) is 0 Å². The topological polar surface area (TPSA) is 24.9 Å². The lowest BCUT2D eigenvalue weighted by Crippen LogP contribution is -2.75. The highest BCUT2D eigenvalue weighted by molar-refractivity contribution is 7.02. The van der Waals surface area contributed by atoms with Crippen LogP contribution in [0.4, 0.5) is 17.1 Å².